The largest absolute Gasteiger partial charge is 0.462 e. The van der Waals surface area contributed by atoms with Crippen molar-refractivity contribution in [2.45, 2.75) is 65.7 Å². The third-order valence-electron chi connectivity index (χ3n) is 7.02. The van der Waals surface area contributed by atoms with E-state index in [1.807, 2.05) is 13.8 Å². The van der Waals surface area contributed by atoms with Crippen molar-refractivity contribution in [3.8, 4) is 0 Å². The number of carbonyl (C=O) groups excluding carboxylic acids is 2. The van der Waals surface area contributed by atoms with Gasteiger partial charge in [-0.2, -0.15) is 0 Å². The number of nitrogens with one attached hydrogen (secondary N) is 2. The van der Waals surface area contributed by atoms with Crippen molar-refractivity contribution < 1.29 is 14.3 Å². The molecule has 1 aromatic heterocycles. The number of amides is 1. The van der Waals surface area contributed by atoms with Crippen LogP contribution in [0.1, 0.15) is 73.2 Å². The maximum absolute atomic E-state index is 13.2. The van der Waals surface area contributed by atoms with E-state index in [4.69, 9.17) is 17.0 Å². The third-order valence-corrected chi connectivity index (χ3v) is 8.28. The monoisotopic (exact) mass is 434 g/mol. The van der Waals surface area contributed by atoms with E-state index >= 15 is 0 Å². The fraction of sp³-hybridized carbons (Fsp3) is 0.682. The fourth-order valence-electron chi connectivity index (χ4n) is 6.27. The highest BCUT2D eigenvalue weighted by atomic mass is 32.1. The molecule has 5 nitrogen and oxygen atoms in total. The van der Waals surface area contributed by atoms with Crippen LogP contribution in [0.3, 0.4) is 0 Å². The molecule has 4 aliphatic carbocycles. The summed E-state index contributed by atoms with van der Waals surface area (Å²) in [5, 5.41) is 7.03. The summed E-state index contributed by atoms with van der Waals surface area (Å²) in [6, 6.07) is 0. The summed E-state index contributed by atoms with van der Waals surface area (Å²) in [5.41, 5.74) is 1.28. The highest BCUT2D eigenvalue weighted by molar-refractivity contribution is 7.80. The minimum absolute atomic E-state index is 0.0655. The Hall–Kier alpha value is -1.47. The average molecular weight is 435 g/mol. The number of ether oxygens (including phenoxy) is 1. The minimum atomic E-state index is -0.341. The minimum Gasteiger partial charge on any atom is -0.462 e. The van der Waals surface area contributed by atoms with Crippen LogP contribution in [0.25, 0.3) is 0 Å². The molecule has 0 radical (unpaired) electrons. The molecule has 1 heterocycles. The second kappa shape index (κ2) is 7.99. The zero-order valence-corrected chi connectivity index (χ0v) is 19.1. The van der Waals surface area contributed by atoms with Crippen LogP contribution in [-0.4, -0.2) is 23.6 Å². The Morgan fingerprint density at radius 2 is 1.72 bits per heavy atom. The SMILES string of the molecule is CCOC(=O)c1c(NC(=S)NC(=O)C23CC4CC(CC(C4)C2)C3)sc(C)c1CC. The summed E-state index contributed by atoms with van der Waals surface area (Å²) in [6.45, 7) is 6.14. The Morgan fingerprint density at radius 1 is 1.14 bits per heavy atom. The fourth-order valence-corrected chi connectivity index (χ4v) is 7.67. The van der Waals surface area contributed by atoms with Crippen molar-refractivity contribution in [3.05, 3.63) is 16.0 Å². The van der Waals surface area contributed by atoms with Gasteiger partial charge in [-0.15, -0.1) is 11.3 Å². The lowest BCUT2D eigenvalue weighted by Crippen LogP contribution is -2.55. The van der Waals surface area contributed by atoms with Crippen molar-refractivity contribution in [2.24, 2.45) is 23.2 Å². The van der Waals surface area contributed by atoms with E-state index in [9.17, 15) is 9.59 Å². The predicted octanol–water partition coefficient (Wildman–Crippen LogP) is 4.83. The van der Waals surface area contributed by atoms with Crippen LogP contribution in [0.4, 0.5) is 5.00 Å². The number of rotatable bonds is 5. The van der Waals surface area contributed by atoms with E-state index in [0.717, 1.165) is 36.1 Å². The molecule has 2 N–H and O–H groups in total. The Kier molecular flexibility index (Phi) is 5.73. The van der Waals surface area contributed by atoms with E-state index in [1.165, 1.54) is 30.6 Å². The Bertz CT molecular complexity index is 810. The highest BCUT2D eigenvalue weighted by Gasteiger charge is 2.54. The topological polar surface area (TPSA) is 67.4 Å². The van der Waals surface area contributed by atoms with E-state index < -0.39 is 0 Å². The van der Waals surface area contributed by atoms with Gasteiger partial charge in [0.25, 0.3) is 0 Å². The van der Waals surface area contributed by atoms with Crippen LogP contribution in [0.5, 0.6) is 0 Å². The summed E-state index contributed by atoms with van der Waals surface area (Å²) in [5.74, 6) is 1.84. The van der Waals surface area contributed by atoms with Gasteiger partial charge >= 0.3 is 5.97 Å². The third kappa shape index (κ3) is 3.83. The summed E-state index contributed by atoms with van der Waals surface area (Å²) in [6.07, 6.45) is 7.63. The van der Waals surface area contributed by atoms with Crippen LogP contribution >= 0.6 is 23.6 Å². The second-order valence-corrected chi connectivity index (χ2v) is 10.7. The summed E-state index contributed by atoms with van der Waals surface area (Å²) >= 11 is 6.96. The molecule has 5 rings (SSSR count). The predicted molar refractivity (Wildman–Crippen MR) is 119 cm³/mol. The Labute approximate surface area is 182 Å². The van der Waals surface area contributed by atoms with E-state index in [1.54, 1.807) is 6.92 Å². The lowest BCUT2D eigenvalue weighted by molar-refractivity contribution is -0.144. The van der Waals surface area contributed by atoms with Crippen molar-refractivity contribution in [3.63, 3.8) is 0 Å². The first-order valence-electron chi connectivity index (χ1n) is 10.8. The second-order valence-electron chi connectivity index (χ2n) is 9.02. The quantitative estimate of drug-likeness (QED) is 0.513. The van der Waals surface area contributed by atoms with Gasteiger partial charge in [-0.05, 0) is 94.3 Å². The van der Waals surface area contributed by atoms with E-state index in [-0.39, 0.29) is 22.4 Å². The maximum atomic E-state index is 13.2. The Balaban J connectivity index is 1.48. The number of aryl methyl sites for hydroxylation is 1. The molecule has 4 aliphatic rings. The molecule has 7 heteroatoms. The number of thiophene rings is 1. The number of hydrogen-bond acceptors (Lipinski definition) is 5. The van der Waals surface area contributed by atoms with Gasteiger partial charge in [0.15, 0.2) is 5.11 Å². The number of thiocarbonyl (C=S) groups is 1. The van der Waals surface area contributed by atoms with Crippen molar-refractivity contribution >= 4 is 45.5 Å². The molecule has 0 unspecified atom stereocenters. The number of anilines is 1. The first kappa shape index (κ1) is 20.8. The van der Waals surface area contributed by atoms with Gasteiger partial charge in [0.2, 0.25) is 5.91 Å². The molecule has 0 aromatic carbocycles. The summed E-state index contributed by atoms with van der Waals surface area (Å²) in [4.78, 5) is 26.8. The molecule has 0 saturated heterocycles. The summed E-state index contributed by atoms with van der Waals surface area (Å²) < 4.78 is 5.25. The molecule has 1 amide bonds. The van der Waals surface area contributed by atoms with Gasteiger partial charge in [0, 0.05) is 4.88 Å². The number of carbonyl (C=O) groups is 2. The van der Waals surface area contributed by atoms with Crippen molar-refractivity contribution in [2.75, 3.05) is 11.9 Å². The first-order valence-corrected chi connectivity index (χ1v) is 12.0. The van der Waals surface area contributed by atoms with Crippen LogP contribution in [0, 0.1) is 30.1 Å². The molecule has 0 aliphatic heterocycles. The lowest BCUT2D eigenvalue weighted by atomic mass is 9.49. The molecule has 1 aromatic rings. The molecule has 158 valence electrons. The molecule has 4 fully saturated rings. The molecule has 0 atom stereocenters. The van der Waals surface area contributed by atoms with Gasteiger partial charge in [-0.3, -0.25) is 4.79 Å². The first-order chi connectivity index (χ1) is 13.8. The number of esters is 1. The molecular weight excluding hydrogens is 404 g/mol. The lowest BCUT2D eigenvalue weighted by Gasteiger charge is -2.55. The van der Waals surface area contributed by atoms with Crippen LogP contribution in [-0.2, 0) is 16.0 Å². The zero-order chi connectivity index (χ0) is 20.8. The molecule has 4 saturated carbocycles. The van der Waals surface area contributed by atoms with Gasteiger partial charge in [-0.25, -0.2) is 4.79 Å². The van der Waals surface area contributed by atoms with Crippen molar-refractivity contribution in [1.82, 2.24) is 5.32 Å². The molecule has 4 bridgehead atoms. The molecule has 29 heavy (non-hydrogen) atoms. The summed E-state index contributed by atoms with van der Waals surface area (Å²) in [7, 11) is 0. The van der Waals surface area contributed by atoms with Crippen LogP contribution in [0.2, 0.25) is 0 Å². The van der Waals surface area contributed by atoms with E-state index in [2.05, 4.69) is 10.6 Å². The zero-order valence-electron chi connectivity index (χ0n) is 17.4. The van der Waals surface area contributed by atoms with Crippen molar-refractivity contribution in [1.29, 1.82) is 0 Å². The van der Waals surface area contributed by atoms with Crippen LogP contribution < -0.4 is 10.6 Å². The smallest absolute Gasteiger partial charge is 0.341 e. The van der Waals surface area contributed by atoms with E-state index in [0.29, 0.717) is 34.9 Å². The molecular formula is C22H30N2O3S2. The normalized spacial score (nSPS) is 29.6. The van der Waals surface area contributed by atoms with Gasteiger partial charge in [-0.1, -0.05) is 6.92 Å². The maximum Gasteiger partial charge on any atom is 0.341 e. The van der Waals surface area contributed by atoms with Gasteiger partial charge in [0.05, 0.1) is 17.6 Å². The van der Waals surface area contributed by atoms with Crippen LogP contribution in [0.15, 0.2) is 0 Å². The molecule has 0 spiro atoms. The highest BCUT2D eigenvalue weighted by Crippen LogP contribution is 2.60. The standard InChI is InChI=1S/C22H30N2O3S2/c1-4-16-12(3)29-18(17(16)19(25)27-5-2)23-21(28)24-20(26)22-9-13-6-14(10-22)8-15(7-13)11-22/h13-15H,4-11H2,1-3H3,(H2,23,24,26,28). The average Bonchev–Trinajstić information content (AvgIpc) is 2.95. The van der Waals surface area contributed by atoms with Gasteiger partial charge < -0.3 is 15.4 Å². The number of hydrogen-bond donors (Lipinski definition) is 2. The van der Waals surface area contributed by atoms with Gasteiger partial charge in [0.1, 0.15) is 5.00 Å². The Morgan fingerprint density at radius 3 is 2.24 bits per heavy atom.